The zero-order chi connectivity index (χ0) is 24.0. The number of carboxylic acids is 1. The van der Waals surface area contributed by atoms with Crippen LogP contribution in [0.4, 0.5) is 0 Å². The van der Waals surface area contributed by atoms with Crippen molar-refractivity contribution in [3.05, 3.63) is 24.3 Å². The highest BCUT2D eigenvalue weighted by atomic mass is 16.4. The lowest BCUT2D eigenvalue weighted by atomic mass is 9.82. The third-order valence-corrected chi connectivity index (χ3v) is 5.46. The van der Waals surface area contributed by atoms with Crippen LogP contribution in [0.25, 0.3) is 0 Å². The van der Waals surface area contributed by atoms with Gasteiger partial charge in [-0.05, 0) is 25.3 Å². The minimum atomic E-state index is -1.02. The standard InChI is InChI=1S/C23H41N3O4/c1-12-23(8,9)17(24-10)19(27)25-18(22(5,6)7)20(28)26(11)16(14(2)3)13-15(4)21(29)30/h12-14,16-18,24H,1H2,2-11H3,(H,25,27)(H,29,30)/b15-13+/t16-,17?,18-/m1/s1. The van der Waals surface area contributed by atoms with Gasteiger partial charge in [0.05, 0.1) is 12.1 Å². The summed E-state index contributed by atoms with van der Waals surface area (Å²) in [4.78, 5) is 39.3. The van der Waals surface area contributed by atoms with E-state index >= 15 is 0 Å². The number of hydrogen-bond acceptors (Lipinski definition) is 4. The molecule has 0 saturated heterocycles. The Kier molecular flexibility index (Phi) is 9.98. The number of nitrogens with one attached hydrogen (secondary N) is 2. The average molecular weight is 424 g/mol. The molecule has 0 fully saturated rings. The van der Waals surface area contributed by atoms with Gasteiger partial charge in [0.2, 0.25) is 11.8 Å². The van der Waals surface area contributed by atoms with Gasteiger partial charge >= 0.3 is 5.97 Å². The highest BCUT2D eigenvalue weighted by Gasteiger charge is 2.40. The van der Waals surface area contributed by atoms with E-state index in [4.69, 9.17) is 0 Å². The van der Waals surface area contributed by atoms with E-state index in [1.54, 1.807) is 26.2 Å². The van der Waals surface area contributed by atoms with Crippen LogP contribution in [-0.2, 0) is 14.4 Å². The van der Waals surface area contributed by atoms with Crippen molar-refractivity contribution in [1.82, 2.24) is 15.5 Å². The predicted octanol–water partition coefficient (Wildman–Crippen LogP) is 2.83. The van der Waals surface area contributed by atoms with Gasteiger partial charge in [-0.1, -0.05) is 60.6 Å². The fourth-order valence-corrected chi connectivity index (χ4v) is 3.26. The lowest BCUT2D eigenvalue weighted by Gasteiger charge is -2.39. The highest BCUT2D eigenvalue weighted by molar-refractivity contribution is 5.91. The normalized spacial score (nSPS) is 15.9. The Balaban J connectivity index is 5.96. The first-order valence-electron chi connectivity index (χ1n) is 10.3. The van der Waals surface area contributed by atoms with Crippen LogP contribution in [-0.4, -0.2) is 60.0 Å². The van der Waals surface area contributed by atoms with E-state index in [0.29, 0.717) is 0 Å². The Morgan fingerprint density at radius 3 is 1.90 bits per heavy atom. The summed E-state index contributed by atoms with van der Waals surface area (Å²) >= 11 is 0. The van der Waals surface area contributed by atoms with E-state index in [9.17, 15) is 19.5 Å². The Bertz CT molecular complexity index is 674. The maximum atomic E-state index is 13.4. The number of likely N-dealkylation sites (N-methyl/N-ethyl adjacent to an activating group) is 2. The smallest absolute Gasteiger partial charge is 0.331 e. The van der Waals surface area contributed by atoms with Gasteiger partial charge in [0.1, 0.15) is 6.04 Å². The summed E-state index contributed by atoms with van der Waals surface area (Å²) in [5.41, 5.74) is -0.893. The van der Waals surface area contributed by atoms with Gasteiger partial charge in [0.15, 0.2) is 0 Å². The lowest BCUT2D eigenvalue weighted by Crippen LogP contribution is -2.60. The third-order valence-electron chi connectivity index (χ3n) is 5.46. The number of aliphatic carboxylic acids is 1. The number of amides is 2. The quantitative estimate of drug-likeness (QED) is 0.371. The van der Waals surface area contributed by atoms with Crippen molar-refractivity contribution in [3.63, 3.8) is 0 Å². The van der Waals surface area contributed by atoms with Gasteiger partial charge in [0, 0.05) is 18.0 Å². The molecule has 7 heteroatoms. The number of rotatable bonds is 10. The highest BCUT2D eigenvalue weighted by Crippen LogP contribution is 2.26. The third kappa shape index (κ3) is 7.27. The molecule has 0 saturated carbocycles. The second-order valence-corrected chi connectivity index (χ2v) is 9.89. The predicted molar refractivity (Wildman–Crippen MR) is 121 cm³/mol. The molecule has 3 atom stereocenters. The molecule has 0 heterocycles. The molecule has 0 radical (unpaired) electrons. The van der Waals surface area contributed by atoms with Crippen molar-refractivity contribution >= 4 is 17.8 Å². The molecule has 30 heavy (non-hydrogen) atoms. The van der Waals surface area contributed by atoms with E-state index in [-0.39, 0.29) is 23.3 Å². The largest absolute Gasteiger partial charge is 0.478 e. The molecule has 0 aromatic heterocycles. The van der Waals surface area contributed by atoms with Gasteiger partial charge in [0.25, 0.3) is 0 Å². The first-order chi connectivity index (χ1) is 13.5. The lowest BCUT2D eigenvalue weighted by molar-refractivity contribution is -0.141. The summed E-state index contributed by atoms with van der Waals surface area (Å²) in [6.45, 7) is 18.6. The maximum absolute atomic E-state index is 13.4. The summed E-state index contributed by atoms with van der Waals surface area (Å²) < 4.78 is 0. The fraction of sp³-hybridized carbons (Fsp3) is 0.696. The minimum absolute atomic E-state index is 0.00525. The zero-order valence-electron chi connectivity index (χ0n) is 20.3. The van der Waals surface area contributed by atoms with E-state index in [1.807, 2.05) is 48.5 Å². The minimum Gasteiger partial charge on any atom is -0.478 e. The first kappa shape index (κ1) is 27.8. The molecule has 0 bridgehead atoms. The molecule has 0 aliphatic carbocycles. The van der Waals surface area contributed by atoms with Crippen LogP contribution in [0.5, 0.6) is 0 Å². The topological polar surface area (TPSA) is 98.7 Å². The molecular formula is C23H41N3O4. The molecule has 172 valence electrons. The molecule has 3 N–H and O–H groups in total. The van der Waals surface area contributed by atoms with E-state index in [2.05, 4.69) is 17.2 Å². The Labute approximate surface area is 182 Å². The van der Waals surface area contributed by atoms with Gasteiger partial charge in [-0.2, -0.15) is 0 Å². The summed E-state index contributed by atoms with van der Waals surface area (Å²) in [5, 5.41) is 15.2. The fourth-order valence-electron chi connectivity index (χ4n) is 3.26. The Hall–Kier alpha value is -2.15. The summed E-state index contributed by atoms with van der Waals surface area (Å²) in [6, 6.07) is -1.76. The molecule has 0 spiro atoms. The number of nitrogens with zero attached hydrogens (tertiary/aromatic N) is 1. The van der Waals surface area contributed by atoms with Crippen LogP contribution in [0, 0.1) is 16.7 Å². The van der Waals surface area contributed by atoms with Crippen LogP contribution < -0.4 is 10.6 Å². The van der Waals surface area contributed by atoms with Gasteiger partial charge in [-0.25, -0.2) is 4.79 Å². The summed E-state index contributed by atoms with van der Waals surface area (Å²) in [6.07, 6.45) is 3.30. The molecule has 0 aromatic rings. The number of carbonyl (C=O) groups is 3. The van der Waals surface area contributed by atoms with Crippen LogP contribution in [0.3, 0.4) is 0 Å². The van der Waals surface area contributed by atoms with E-state index in [1.165, 1.54) is 11.8 Å². The van der Waals surface area contributed by atoms with Crippen LogP contribution in [0.1, 0.15) is 55.4 Å². The van der Waals surface area contributed by atoms with Crippen LogP contribution in [0.2, 0.25) is 0 Å². The van der Waals surface area contributed by atoms with Crippen molar-refractivity contribution in [2.75, 3.05) is 14.1 Å². The number of carbonyl (C=O) groups excluding carboxylic acids is 2. The molecule has 1 unspecified atom stereocenters. The van der Waals surface area contributed by atoms with E-state index < -0.39 is 34.9 Å². The SMILES string of the molecule is C=CC(C)(C)C(NC)C(=O)N[C@H](C(=O)N(C)[C@H](/C=C(\C)C(=O)O)C(C)C)C(C)(C)C. The van der Waals surface area contributed by atoms with Crippen molar-refractivity contribution in [2.45, 2.75) is 73.5 Å². The van der Waals surface area contributed by atoms with Crippen molar-refractivity contribution in [3.8, 4) is 0 Å². The van der Waals surface area contributed by atoms with Crippen molar-refractivity contribution in [1.29, 1.82) is 0 Å². The maximum Gasteiger partial charge on any atom is 0.331 e. The summed E-state index contributed by atoms with van der Waals surface area (Å²) in [5.74, 6) is -1.59. The molecule has 0 rings (SSSR count). The van der Waals surface area contributed by atoms with Crippen molar-refractivity contribution in [2.24, 2.45) is 16.7 Å². The zero-order valence-corrected chi connectivity index (χ0v) is 20.3. The Morgan fingerprint density at radius 1 is 1.07 bits per heavy atom. The van der Waals surface area contributed by atoms with E-state index in [0.717, 1.165) is 0 Å². The average Bonchev–Trinajstić information content (AvgIpc) is 2.61. The second kappa shape index (κ2) is 10.8. The molecule has 0 aliphatic rings. The monoisotopic (exact) mass is 423 g/mol. The molecule has 7 nitrogen and oxygen atoms in total. The van der Waals surface area contributed by atoms with Gasteiger partial charge in [-0.15, -0.1) is 6.58 Å². The van der Waals surface area contributed by atoms with Gasteiger partial charge in [-0.3, -0.25) is 9.59 Å². The van der Waals surface area contributed by atoms with Crippen LogP contribution in [0.15, 0.2) is 24.3 Å². The van der Waals surface area contributed by atoms with Crippen LogP contribution >= 0.6 is 0 Å². The Morgan fingerprint density at radius 2 is 1.57 bits per heavy atom. The molecule has 0 aromatic carbocycles. The number of carboxylic acid groups (broad SMARTS) is 1. The first-order valence-corrected chi connectivity index (χ1v) is 10.3. The number of hydrogen-bond donors (Lipinski definition) is 3. The summed E-state index contributed by atoms with van der Waals surface area (Å²) in [7, 11) is 3.34. The molecular weight excluding hydrogens is 382 g/mol. The van der Waals surface area contributed by atoms with Gasteiger partial charge < -0.3 is 20.6 Å². The second-order valence-electron chi connectivity index (χ2n) is 9.89. The van der Waals surface area contributed by atoms with Crippen molar-refractivity contribution < 1.29 is 19.5 Å². The molecule has 2 amide bonds. The molecule has 0 aliphatic heterocycles.